The molecule has 0 amide bonds. The van der Waals surface area contributed by atoms with E-state index in [1.54, 1.807) is 19.2 Å². The molecule has 1 saturated heterocycles. The summed E-state index contributed by atoms with van der Waals surface area (Å²) in [6, 6.07) is 6.81. The first-order chi connectivity index (χ1) is 11.3. The van der Waals surface area contributed by atoms with E-state index in [9.17, 15) is 4.39 Å². The molecule has 1 fully saturated rings. The second-order valence-corrected chi connectivity index (χ2v) is 6.06. The summed E-state index contributed by atoms with van der Waals surface area (Å²) in [5.74, 6) is 0.687. The third-order valence-corrected chi connectivity index (χ3v) is 4.22. The van der Waals surface area contributed by atoms with Gasteiger partial charge in [-0.3, -0.25) is 4.99 Å². The van der Waals surface area contributed by atoms with E-state index in [4.69, 9.17) is 0 Å². The minimum Gasteiger partial charge on any atom is -0.356 e. The van der Waals surface area contributed by atoms with Crippen molar-refractivity contribution in [2.75, 3.05) is 39.8 Å². The van der Waals surface area contributed by atoms with E-state index in [1.807, 2.05) is 6.07 Å². The number of nitrogens with one attached hydrogen (secondary N) is 2. The maximum atomic E-state index is 13.1. The van der Waals surface area contributed by atoms with Gasteiger partial charge in [0.2, 0.25) is 0 Å². The van der Waals surface area contributed by atoms with Gasteiger partial charge in [0, 0.05) is 26.7 Å². The molecule has 1 aromatic carbocycles. The van der Waals surface area contributed by atoms with Crippen LogP contribution in [0.2, 0.25) is 0 Å². The summed E-state index contributed by atoms with van der Waals surface area (Å²) in [7, 11) is 1.79. The van der Waals surface area contributed by atoms with Gasteiger partial charge in [-0.2, -0.15) is 0 Å². The van der Waals surface area contributed by atoms with Crippen LogP contribution in [0.25, 0.3) is 0 Å². The van der Waals surface area contributed by atoms with E-state index < -0.39 is 0 Å². The van der Waals surface area contributed by atoms with Crippen LogP contribution in [0.1, 0.15) is 31.2 Å². The van der Waals surface area contributed by atoms with Crippen molar-refractivity contribution in [1.29, 1.82) is 0 Å². The lowest BCUT2D eigenvalue weighted by Crippen LogP contribution is -2.42. The highest BCUT2D eigenvalue weighted by atomic mass is 127. The molecule has 0 aliphatic carbocycles. The monoisotopic (exact) mass is 448 g/mol. The highest BCUT2D eigenvalue weighted by Crippen LogP contribution is 2.07. The summed E-state index contributed by atoms with van der Waals surface area (Å²) in [6.07, 6.45) is 5.85. The van der Waals surface area contributed by atoms with Crippen molar-refractivity contribution < 1.29 is 4.39 Å². The van der Waals surface area contributed by atoms with E-state index in [0.717, 1.165) is 44.0 Å². The van der Waals surface area contributed by atoms with E-state index >= 15 is 0 Å². The average Bonchev–Trinajstić information content (AvgIpc) is 2.58. The van der Waals surface area contributed by atoms with Crippen LogP contribution < -0.4 is 10.6 Å². The first-order valence-electron chi connectivity index (χ1n) is 8.69. The molecule has 0 aromatic heterocycles. The molecule has 0 atom stereocenters. The van der Waals surface area contributed by atoms with Gasteiger partial charge in [-0.15, -0.1) is 24.0 Å². The van der Waals surface area contributed by atoms with Gasteiger partial charge >= 0.3 is 0 Å². The van der Waals surface area contributed by atoms with Crippen molar-refractivity contribution >= 4 is 29.9 Å². The van der Waals surface area contributed by atoms with Crippen molar-refractivity contribution in [2.45, 2.75) is 32.1 Å². The van der Waals surface area contributed by atoms with E-state index in [2.05, 4.69) is 20.5 Å². The van der Waals surface area contributed by atoms with Crippen molar-refractivity contribution in [1.82, 2.24) is 15.5 Å². The van der Waals surface area contributed by atoms with E-state index in [1.165, 1.54) is 38.4 Å². The van der Waals surface area contributed by atoms with Crippen LogP contribution in [0.15, 0.2) is 29.3 Å². The molecule has 24 heavy (non-hydrogen) atoms. The Morgan fingerprint density at radius 2 is 1.92 bits per heavy atom. The number of rotatable bonds is 7. The molecule has 0 unspecified atom stereocenters. The van der Waals surface area contributed by atoms with Gasteiger partial charge in [-0.25, -0.2) is 4.39 Å². The molecule has 1 aliphatic rings. The fourth-order valence-corrected chi connectivity index (χ4v) is 2.93. The van der Waals surface area contributed by atoms with E-state index in [-0.39, 0.29) is 29.8 Å². The summed E-state index contributed by atoms with van der Waals surface area (Å²) in [4.78, 5) is 6.75. The molecule has 136 valence electrons. The molecular formula is C18H30FIN4. The third kappa shape index (κ3) is 8.28. The quantitative estimate of drug-likeness (QED) is 0.292. The van der Waals surface area contributed by atoms with Gasteiger partial charge in [-0.05, 0) is 56.5 Å². The van der Waals surface area contributed by atoms with Crippen LogP contribution >= 0.6 is 24.0 Å². The topological polar surface area (TPSA) is 39.7 Å². The lowest BCUT2D eigenvalue weighted by molar-refractivity contribution is 0.232. The molecule has 1 heterocycles. The number of hydrogen-bond donors (Lipinski definition) is 2. The SMILES string of the molecule is CN=C(NCCCc1cccc(F)c1)NCCN1CCCCC1.I. The zero-order valence-corrected chi connectivity index (χ0v) is 16.9. The maximum Gasteiger partial charge on any atom is 0.191 e. The molecule has 0 spiro atoms. The number of halogens is 2. The summed E-state index contributed by atoms with van der Waals surface area (Å²) in [6.45, 7) is 5.27. The van der Waals surface area contributed by atoms with Gasteiger partial charge < -0.3 is 15.5 Å². The molecular weight excluding hydrogens is 418 g/mol. The normalized spacial score (nSPS) is 15.7. The number of aryl methyl sites for hydroxylation is 1. The molecule has 0 bridgehead atoms. The number of benzene rings is 1. The third-order valence-electron chi connectivity index (χ3n) is 4.22. The number of likely N-dealkylation sites (tertiary alicyclic amines) is 1. The molecule has 2 rings (SSSR count). The number of nitrogens with zero attached hydrogens (tertiary/aromatic N) is 2. The zero-order chi connectivity index (χ0) is 16.3. The predicted octanol–water partition coefficient (Wildman–Crippen LogP) is 3.03. The van der Waals surface area contributed by atoms with Crippen molar-refractivity contribution in [3.8, 4) is 0 Å². The zero-order valence-electron chi connectivity index (χ0n) is 14.6. The second kappa shape index (κ2) is 12.5. The molecule has 1 aliphatic heterocycles. The van der Waals surface area contributed by atoms with Crippen LogP contribution in [0.5, 0.6) is 0 Å². The van der Waals surface area contributed by atoms with Crippen molar-refractivity contribution in [3.63, 3.8) is 0 Å². The Hall–Kier alpha value is -0.890. The molecule has 4 nitrogen and oxygen atoms in total. The van der Waals surface area contributed by atoms with Crippen LogP contribution in [-0.2, 0) is 6.42 Å². The van der Waals surface area contributed by atoms with Crippen molar-refractivity contribution in [2.24, 2.45) is 4.99 Å². The largest absolute Gasteiger partial charge is 0.356 e. The van der Waals surface area contributed by atoms with Crippen molar-refractivity contribution in [3.05, 3.63) is 35.6 Å². The standard InChI is InChI=1S/C18H29FN4.HI/c1-20-18(22-11-14-23-12-3-2-4-13-23)21-10-6-8-16-7-5-9-17(19)15-16;/h5,7,9,15H,2-4,6,8,10-14H2,1H3,(H2,20,21,22);1H. The van der Waals surface area contributed by atoms with Gasteiger partial charge in [-0.1, -0.05) is 18.6 Å². The summed E-state index contributed by atoms with van der Waals surface area (Å²) < 4.78 is 13.1. The molecule has 0 radical (unpaired) electrons. The minimum absolute atomic E-state index is 0. The van der Waals surface area contributed by atoms with Gasteiger partial charge in [0.25, 0.3) is 0 Å². The van der Waals surface area contributed by atoms with Crippen LogP contribution in [0, 0.1) is 5.82 Å². The van der Waals surface area contributed by atoms with Crippen LogP contribution in [0.4, 0.5) is 4.39 Å². The Morgan fingerprint density at radius 3 is 2.62 bits per heavy atom. The Bertz CT molecular complexity index is 490. The lowest BCUT2D eigenvalue weighted by Gasteiger charge is -2.26. The summed E-state index contributed by atoms with van der Waals surface area (Å²) in [5, 5.41) is 6.68. The van der Waals surface area contributed by atoms with Gasteiger partial charge in [0.05, 0.1) is 0 Å². The Morgan fingerprint density at radius 1 is 1.17 bits per heavy atom. The second-order valence-electron chi connectivity index (χ2n) is 6.06. The summed E-state index contributed by atoms with van der Waals surface area (Å²) >= 11 is 0. The van der Waals surface area contributed by atoms with E-state index in [0.29, 0.717) is 0 Å². The lowest BCUT2D eigenvalue weighted by atomic mass is 10.1. The molecule has 0 saturated carbocycles. The number of guanidine groups is 1. The first kappa shape index (κ1) is 21.2. The minimum atomic E-state index is -0.161. The fraction of sp³-hybridized carbons (Fsp3) is 0.611. The highest BCUT2D eigenvalue weighted by Gasteiger charge is 2.09. The Labute approximate surface area is 162 Å². The Kier molecular flexibility index (Phi) is 11.0. The molecule has 2 N–H and O–H groups in total. The Balaban J connectivity index is 0.00000288. The fourth-order valence-electron chi connectivity index (χ4n) is 2.93. The highest BCUT2D eigenvalue weighted by molar-refractivity contribution is 14.0. The van der Waals surface area contributed by atoms with Crippen LogP contribution in [0.3, 0.4) is 0 Å². The number of hydrogen-bond acceptors (Lipinski definition) is 2. The van der Waals surface area contributed by atoms with Crippen LogP contribution in [-0.4, -0.2) is 50.6 Å². The first-order valence-corrected chi connectivity index (χ1v) is 8.69. The number of piperidine rings is 1. The van der Waals surface area contributed by atoms with Gasteiger partial charge in [0.1, 0.15) is 5.82 Å². The smallest absolute Gasteiger partial charge is 0.191 e. The predicted molar refractivity (Wildman–Crippen MR) is 110 cm³/mol. The maximum absolute atomic E-state index is 13.1. The average molecular weight is 448 g/mol. The number of aliphatic imine (C=N–C) groups is 1. The molecule has 6 heteroatoms. The molecule has 1 aromatic rings. The van der Waals surface area contributed by atoms with Gasteiger partial charge in [0.15, 0.2) is 5.96 Å². The summed E-state index contributed by atoms with van der Waals surface area (Å²) in [5.41, 5.74) is 1.04.